The summed E-state index contributed by atoms with van der Waals surface area (Å²) in [4.78, 5) is 0. The summed E-state index contributed by atoms with van der Waals surface area (Å²) in [5.74, 6) is 0. The van der Waals surface area contributed by atoms with E-state index in [2.05, 4.69) is 60.7 Å². The van der Waals surface area contributed by atoms with Gasteiger partial charge >= 0.3 is 126 Å². The standard InChI is InChI=1S/2C7H7.2Sn/c2*1-7-5-3-2-4-6-7;;/h2*2-6H,1H2;;. The zero-order valence-electron chi connectivity index (χ0n) is 9.19. The Balaban J connectivity index is 0.000000160. The van der Waals surface area contributed by atoms with Gasteiger partial charge in [0.05, 0.1) is 0 Å². The molecule has 0 aliphatic rings. The zero-order valence-corrected chi connectivity index (χ0v) is 14.9. The Bertz CT molecular complexity index is 331. The Morgan fingerprint density at radius 2 is 0.875 bits per heavy atom. The molecular formula is C14H14Sn2. The van der Waals surface area contributed by atoms with Gasteiger partial charge in [-0.1, -0.05) is 0 Å². The Morgan fingerprint density at radius 1 is 0.562 bits per heavy atom. The van der Waals surface area contributed by atoms with E-state index < -0.39 is 0 Å². The van der Waals surface area contributed by atoms with Gasteiger partial charge in [-0.25, -0.2) is 0 Å². The van der Waals surface area contributed by atoms with Crippen LogP contribution in [0.5, 0.6) is 0 Å². The van der Waals surface area contributed by atoms with Gasteiger partial charge in [-0.05, 0) is 0 Å². The summed E-state index contributed by atoms with van der Waals surface area (Å²) in [6, 6.07) is 21.1. The average Bonchev–Trinajstić information content (AvgIpc) is 2.41. The number of rotatable bonds is 2. The summed E-state index contributed by atoms with van der Waals surface area (Å²) in [7, 11) is 0. The van der Waals surface area contributed by atoms with Gasteiger partial charge in [0.15, 0.2) is 0 Å². The molecule has 0 atom stereocenters. The zero-order chi connectivity index (χ0) is 11.6. The Hall–Kier alpha value is 0.0374. The van der Waals surface area contributed by atoms with E-state index >= 15 is 0 Å². The van der Waals surface area contributed by atoms with Crippen LogP contribution in [-0.4, -0.2) is 45.0 Å². The molecule has 0 unspecified atom stereocenters. The molecule has 2 rings (SSSR count). The van der Waals surface area contributed by atoms with Crippen molar-refractivity contribution >= 4 is 45.0 Å². The van der Waals surface area contributed by atoms with Crippen LogP contribution in [0.2, 0.25) is 0 Å². The summed E-state index contributed by atoms with van der Waals surface area (Å²) in [5.41, 5.74) is 2.90. The van der Waals surface area contributed by atoms with Crippen molar-refractivity contribution in [3.63, 3.8) is 0 Å². The molecule has 0 bridgehead atoms. The van der Waals surface area contributed by atoms with Crippen LogP contribution in [0.4, 0.5) is 0 Å². The van der Waals surface area contributed by atoms with Crippen molar-refractivity contribution in [2.24, 2.45) is 0 Å². The first-order chi connectivity index (χ1) is 7.86. The van der Waals surface area contributed by atoms with Gasteiger partial charge in [-0.2, -0.15) is 0 Å². The van der Waals surface area contributed by atoms with Crippen molar-refractivity contribution in [1.82, 2.24) is 0 Å². The van der Waals surface area contributed by atoms with E-state index in [0.29, 0.717) is 0 Å². The van der Waals surface area contributed by atoms with Crippen LogP contribution in [0, 0.1) is 0 Å². The number of benzene rings is 2. The van der Waals surface area contributed by atoms with Crippen LogP contribution < -0.4 is 0 Å². The monoisotopic (exact) mass is 422 g/mol. The fourth-order valence-corrected chi connectivity index (χ4v) is 2.54. The average molecular weight is 420 g/mol. The topological polar surface area (TPSA) is 0 Å². The van der Waals surface area contributed by atoms with Crippen LogP contribution >= 0.6 is 0 Å². The summed E-state index contributed by atoms with van der Waals surface area (Å²) >= 11 is 3.18. The van der Waals surface area contributed by atoms with Crippen LogP contribution in [0.1, 0.15) is 11.1 Å². The van der Waals surface area contributed by atoms with E-state index in [4.69, 9.17) is 0 Å². The van der Waals surface area contributed by atoms with Gasteiger partial charge in [-0.15, -0.1) is 0 Å². The Labute approximate surface area is 125 Å². The Morgan fingerprint density at radius 3 is 1.06 bits per heavy atom. The van der Waals surface area contributed by atoms with Crippen LogP contribution in [0.3, 0.4) is 0 Å². The van der Waals surface area contributed by atoms with Gasteiger partial charge < -0.3 is 0 Å². The first kappa shape index (κ1) is 14.1. The molecule has 16 heavy (non-hydrogen) atoms. The van der Waals surface area contributed by atoms with Gasteiger partial charge in [0.25, 0.3) is 0 Å². The van der Waals surface area contributed by atoms with Crippen LogP contribution in [0.25, 0.3) is 0 Å². The second kappa shape index (κ2) is 9.11. The minimum atomic E-state index is 1.23. The summed E-state index contributed by atoms with van der Waals surface area (Å²) in [5, 5.41) is 0. The van der Waals surface area contributed by atoms with Crippen molar-refractivity contribution < 1.29 is 0 Å². The van der Waals surface area contributed by atoms with Crippen LogP contribution in [0.15, 0.2) is 60.7 Å². The van der Waals surface area contributed by atoms with Crippen molar-refractivity contribution in [3.8, 4) is 0 Å². The molecule has 0 amide bonds. The van der Waals surface area contributed by atoms with E-state index in [1.807, 2.05) is 0 Å². The molecule has 0 aliphatic carbocycles. The summed E-state index contributed by atoms with van der Waals surface area (Å²) < 4.78 is 2.46. The van der Waals surface area contributed by atoms with Gasteiger partial charge in [0.1, 0.15) is 0 Å². The SMILES string of the molecule is [Sn][CH2]c1ccccc1.[Sn][CH2]c1ccccc1. The van der Waals surface area contributed by atoms with Gasteiger partial charge in [0.2, 0.25) is 0 Å². The molecule has 2 aromatic carbocycles. The summed E-state index contributed by atoms with van der Waals surface area (Å²) in [6.07, 6.45) is 0. The normalized spacial score (nSPS) is 9.12. The first-order valence-electron chi connectivity index (χ1n) is 5.24. The number of hydrogen-bond donors (Lipinski definition) is 0. The van der Waals surface area contributed by atoms with Crippen molar-refractivity contribution in [2.45, 2.75) is 8.87 Å². The molecule has 0 nitrogen and oxygen atoms in total. The van der Waals surface area contributed by atoms with E-state index in [0.717, 1.165) is 0 Å². The quantitative estimate of drug-likeness (QED) is 0.657. The molecule has 78 valence electrons. The van der Waals surface area contributed by atoms with Crippen molar-refractivity contribution in [2.75, 3.05) is 0 Å². The maximum atomic E-state index is 2.16. The van der Waals surface area contributed by atoms with Gasteiger partial charge in [0, 0.05) is 0 Å². The third kappa shape index (κ3) is 5.94. The first-order valence-corrected chi connectivity index (χ1v) is 9.27. The van der Waals surface area contributed by atoms with E-state index in [1.165, 1.54) is 20.0 Å². The molecule has 0 N–H and O–H groups in total. The fourth-order valence-electron chi connectivity index (χ4n) is 1.19. The molecule has 2 aromatic rings. The molecular weight excluding hydrogens is 406 g/mol. The van der Waals surface area contributed by atoms with E-state index in [1.54, 1.807) is 45.0 Å². The molecule has 0 spiro atoms. The fraction of sp³-hybridized carbons (Fsp3) is 0.143. The van der Waals surface area contributed by atoms with Crippen LogP contribution in [-0.2, 0) is 8.87 Å². The van der Waals surface area contributed by atoms with E-state index in [9.17, 15) is 0 Å². The molecule has 0 saturated heterocycles. The predicted molar refractivity (Wildman–Crippen MR) is 71.8 cm³/mol. The van der Waals surface area contributed by atoms with Gasteiger partial charge in [-0.3, -0.25) is 0 Å². The second-order valence-corrected chi connectivity index (χ2v) is 5.34. The second-order valence-electron chi connectivity index (χ2n) is 3.32. The van der Waals surface area contributed by atoms with Crippen molar-refractivity contribution in [1.29, 1.82) is 0 Å². The maximum absolute atomic E-state index is 2.16. The molecule has 0 aliphatic heterocycles. The molecule has 2 heteroatoms. The summed E-state index contributed by atoms with van der Waals surface area (Å²) in [6.45, 7) is 0. The third-order valence-corrected chi connectivity index (χ3v) is 4.42. The van der Waals surface area contributed by atoms with Crippen molar-refractivity contribution in [3.05, 3.63) is 71.8 Å². The molecule has 0 heterocycles. The van der Waals surface area contributed by atoms with E-state index in [-0.39, 0.29) is 0 Å². The molecule has 0 fully saturated rings. The number of hydrogen-bond acceptors (Lipinski definition) is 0. The molecule has 6 radical (unpaired) electrons. The molecule has 0 saturated carbocycles. The minimum absolute atomic E-state index is 1.23. The predicted octanol–water partition coefficient (Wildman–Crippen LogP) is 2.71. The Kier molecular flexibility index (Phi) is 8.03. The molecule has 0 aromatic heterocycles. The third-order valence-electron chi connectivity index (χ3n) is 2.09.